The Balaban J connectivity index is 0.00000176. The third-order valence-corrected chi connectivity index (χ3v) is 5.58. The summed E-state index contributed by atoms with van der Waals surface area (Å²) in [5.74, 6) is -0.827. The third-order valence-electron chi connectivity index (χ3n) is 3.09. The van der Waals surface area contributed by atoms with Crippen LogP contribution in [0.25, 0.3) is 6.08 Å². The number of thioether (sulfide) groups is 2. The van der Waals surface area contributed by atoms with Crippen molar-refractivity contribution >= 4 is 41.5 Å². The van der Waals surface area contributed by atoms with Gasteiger partial charge >= 0.3 is 29.6 Å². The van der Waals surface area contributed by atoms with Crippen molar-refractivity contribution in [3.05, 3.63) is 45.6 Å². The minimum absolute atomic E-state index is 0. The summed E-state index contributed by atoms with van der Waals surface area (Å²) in [5, 5.41) is 11.0. The summed E-state index contributed by atoms with van der Waals surface area (Å²) >= 11 is 2.81. The molecule has 0 N–H and O–H groups in total. The number of nitrogens with zero attached hydrogens (tertiary/aromatic N) is 2. The fourth-order valence-electron chi connectivity index (χ4n) is 2.20. The van der Waals surface area contributed by atoms with Crippen LogP contribution < -0.4 is 34.7 Å². The van der Waals surface area contributed by atoms with E-state index in [4.69, 9.17) is 0 Å². The first-order valence-electron chi connectivity index (χ1n) is 6.33. The number of rotatable bonds is 4. The smallest absolute Gasteiger partial charge is 0.543 e. The summed E-state index contributed by atoms with van der Waals surface area (Å²) in [6, 6.07) is 3.64. The molecule has 0 bridgehead atoms. The molecule has 3 rings (SSSR count). The number of amides is 1. The number of hydrogen-bond donors (Lipinski definition) is 0. The number of aromatic nitrogens is 1. The van der Waals surface area contributed by atoms with Gasteiger partial charge in [-0.1, -0.05) is 24.8 Å². The zero-order chi connectivity index (χ0) is 15.0. The van der Waals surface area contributed by atoms with Gasteiger partial charge in [-0.2, -0.15) is 0 Å². The van der Waals surface area contributed by atoms with E-state index in [0.29, 0.717) is 9.81 Å². The van der Waals surface area contributed by atoms with Crippen LogP contribution in [0.5, 0.6) is 0 Å². The minimum atomic E-state index is -1.30. The predicted molar refractivity (Wildman–Crippen MR) is 80.6 cm³/mol. The second-order valence-electron chi connectivity index (χ2n) is 4.39. The molecule has 1 fully saturated rings. The molecule has 2 aliphatic heterocycles. The molecule has 1 aromatic heterocycles. The molecule has 1 aromatic rings. The van der Waals surface area contributed by atoms with E-state index >= 15 is 0 Å². The standard InChI is InChI=1S/C14H12N2O3S2.Na/c1-2-20-14-10(13(18)19)16-11(17)9(12(16)21-14)6-8-4-3-5-15-7-8;/h3-7,12H,2H2,1H3,(H,18,19);/q;+1/p-1/t12-;/m1./s1. The van der Waals surface area contributed by atoms with Gasteiger partial charge in [0.2, 0.25) is 0 Å². The molecule has 3 heterocycles. The molecule has 0 aromatic carbocycles. The van der Waals surface area contributed by atoms with Gasteiger partial charge in [-0.25, -0.2) is 0 Å². The zero-order valence-corrected chi connectivity index (χ0v) is 15.7. The van der Waals surface area contributed by atoms with Crippen molar-refractivity contribution in [2.24, 2.45) is 0 Å². The Bertz CT molecular complexity index is 676. The molecule has 1 amide bonds. The molecule has 0 unspecified atom stereocenters. The number of hydrogen-bond acceptors (Lipinski definition) is 6. The molecule has 0 aliphatic carbocycles. The third kappa shape index (κ3) is 3.00. The van der Waals surface area contributed by atoms with E-state index in [-0.39, 0.29) is 46.5 Å². The Morgan fingerprint density at radius 1 is 1.59 bits per heavy atom. The van der Waals surface area contributed by atoms with Gasteiger partial charge in [0.05, 0.1) is 21.5 Å². The molecule has 0 saturated carbocycles. The Hall–Kier alpha value is -0.730. The maximum atomic E-state index is 12.2. The van der Waals surface area contributed by atoms with Gasteiger partial charge in [0.25, 0.3) is 5.91 Å². The average Bonchev–Trinajstić information content (AvgIpc) is 2.82. The van der Waals surface area contributed by atoms with Gasteiger partial charge in [0, 0.05) is 12.4 Å². The maximum absolute atomic E-state index is 12.2. The molecule has 5 nitrogen and oxygen atoms in total. The number of pyridine rings is 1. The number of aliphatic carboxylic acids is 1. The van der Waals surface area contributed by atoms with Crippen LogP contribution in [-0.4, -0.2) is 32.9 Å². The largest absolute Gasteiger partial charge is 1.00 e. The first-order valence-corrected chi connectivity index (χ1v) is 8.20. The van der Waals surface area contributed by atoms with E-state index in [1.165, 1.54) is 28.4 Å². The maximum Gasteiger partial charge on any atom is 1.00 e. The normalized spacial score (nSPS) is 21.5. The summed E-state index contributed by atoms with van der Waals surface area (Å²) in [5.41, 5.74) is 1.43. The molecular formula is C14H11N2NaO3S2. The SMILES string of the molecule is CCSC1=C(C(=O)[O-])N2C(=O)C(=Cc3cccnc3)[C@H]2S1.[Na+]. The molecular weight excluding hydrogens is 331 g/mol. The number of carbonyl (C=O) groups excluding carboxylic acids is 2. The molecule has 0 spiro atoms. The summed E-state index contributed by atoms with van der Waals surface area (Å²) in [4.78, 5) is 28.8. The molecule has 2 aliphatic rings. The van der Waals surface area contributed by atoms with Crippen LogP contribution in [0.1, 0.15) is 12.5 Å². The average molecular weight is 342 g/mol. The monoisotopic (exact) mass is 342 g/mol. The molecule has 22 heavy (non-hydrogen) atoms. The molecule has 0 radical (unpaired) electrons. The first kappa shape index (κ1) is 17.6. The minimum Gasteiger partial charge on any atom is -0.543 e. The van der Waals surface area contributed by atoms with Crippen molar-refractivity contribution in [2.75, 3.05) is 5.75 Å². The van der Waals surface area contributed by atoms with Crippen LogP contribution in [0, 0.1) is 0 Å². The predicted octanol–water partition coefficient (Wildman–Crippen LogP) is -1.94. The van der Waals surface area contributed by atoms with Crippen LogP contribution in [-0.2, 0) is 9.59 Å². The van der Waals surface area contributed by atoms with Crippen molar-refractivity contribution in [1.29, 1.82) is 0 Å². The Labute approximate surface area is 158 Å². The Kier molecular flexibility index (Phi) is 5.79. The number of carbonyl (C=O) groups is 2. The van der Waals surface area contributed by atoms with Crippen molar-refractivity contribution in [1.82, 2.24) is 9.88 Å². The van der Waals surface area contributed by atoms with Gasteiger partial charge < -0.3 is 9.90 Å². The summed E-state index contributed by atoms with van der Waals surface area (Å²) in [7, 11) is 0. The van der Waals surface area contributed by atoms with E-state index < -0.39 is 5.97 Å². The summed E-state index contributed by atoms with van der Waals surface area (Å²) < 4.78 is 0.644. The number of fused-ring (bicyclic) bond motifs is 1. The van der Waals surface area contributed by atoms with Gasteiger partial charge in [0.15, 0.2) is 0 Å². The van der Waals surface area contributed by atoms with Crippen molar-refractivity contribution in [3.63, 3.8) is 0 Å². The van der Waals surface area contributed by atoms with Crippen LogP contribution in [0.4, 0.5) is 0 Å². The van der Waals surface area contributed by atoms with Gasteiger partial charge in [-0.05, 0) is 23.5 Å². The molecule has 108 valence electrons. The van der Waals surface area contributed by atoms with Gasteiger partial charge in [-0.15, -0.1) is 11.8 Å². The van der Waals surface area contributed by atoms with E-state index in [2.05, 4.69) is 4.98 Å². The Morgan fingerprint density at radius 2 is 2.36 bits per heavy atom. The Morgan fingerprint density at radius 3 is 2.95 bits per heavy atom. The van der Waals surface area contributed by atoms with Gasteiger partial charge in [0.1, 0.15) is 5.37 Å². The van der Waals surface area contributed by atoms with Crippen LogP contribution in [0.3, 0.4) is 0 Å². The van der Waals surface area contributed by atoms with E-state index in [9.17, 15) is 14.7 Å². The van der Waals surface area contributed by atoms with Crippen molar-refractivity contribution in [2.45, 2.75) is 12.3 Å². The van der Waals surface area contributed by atoms with Crippen LogP contribution >= 0.6 is 23.5 Å². The van der Waals surface area contributed by atoms with Crippen molar-refractivity contribution < 1.29 is 44.3 Å². The van der Waals surface area contributed by atoms with E-state index in [1.54, 1.807) is 24.5 Å². The summed E-state index contributed by atoms with van der Waals surface area (Å²) in [6.07, 6.45) is 5.08. The number of carboxylic acid groups (broad SMARTS) is 1. The fraction of sp³-hybridized carbons (Fsp3) is 0.214. The topological polar surface area (TPSA) is 73.3 Å². The molecule has 8 heteroatoms. The van der Waals surface area contributed by atoms with E-state index in [0.717, 1.165) is 11.3 Å². The summed E-state index contributed by atoms with van der Waals surface area (Å²) in [6.45, 7) is 1.94. The van der Waals surface area contributed by atoms with Crippen LogP contribution in [0.15, 0.2) is 40.0 Å². The van der Waals surface area contributed by atoms with Crippen molar-refractivity contribution in [3.8, 4) is 0 Å². The fourth-order valence-corrected chi connectivity index (χ4v) is 4.78. The zero-order valence-electron chi connectivity index (χ0n) is 12.1. The number of β-lactam (4-membered cyclic amide) rings is 1. The molecule has 1 saturated heterocycles. The van der Waals surface area contributed by atoms with E-state index in [1.807, 2.05) is 13.0 Å². The molecule has 1 atom stereocenters. The quantitative estimate of drug-likeness (QED) is 0.360. The second-order valence-corrected chi connectivity index (χ2v) is 7.01. The second kappa shape index (κ2) is 7.23. The number of carboxylic acids is 1. The van der Waals surface area contributed by atoms with Gasteiger partial charge in [-0.3, -0.25) is 14.7 Å². The first-order chi connectivity index (χ1) is 10.1. The van der Waals surface area contributed by atoms with Crippen LogP contribution in [0.2, 0.25) is 0 Å².